The van der Waals surface area contributed by atoms with Gasteiger partial charge in [0.1, 0.15) is 17.3 Å². The van der Waals surface area contributed by atoms with E-state index >= 15 is 0 Å². The highest BCUT2D eigenvalue weighted by Gasteiger charge is 2.24. The number of nitrogens with one attached hydrogen (secondary N) is 2. The highest BCUT2D eigenvalue weighted by molar-refractivity contribution is 7.88. The van der Waals surface area contributed by atoms with Gasteiger partial charge in [-0.3, -0.25) is 5.32 Å². The van der Waals surface area contributed by atoms with Crippen LogP contribution in [0.1, 0.15) is 31.4 Å². The molecular weight excluding hydrogens is 490 g/mol. The number of aromatic nitrogens is 4. The van der Waals surface area contributed by atoms with Gasteiger partial charge in [-0.1, -0.05) is 0 Å². The first-order valence-corrected chi connectivity index (χ1v) is 14.0. The molecule has 0 aromatic carbocycles. The Labute approximate surface area is 208 Å². The maximum absolute atomic E-state index is 13.4. The standard InChI is InChI=1S/C23H30F2N8O2S/c1-36(34,35)28-12-16-4-2-8-31(14-16)21-10-17(11-22(29-21)32-9-3-7-26-15-32)19-13-27-20-6-5-18(23(24)25)30-33(19)20/h5-6,10-11,13,16,23,26,28H,2-4,7-9,12,14-15H2,1H3. The molecule has 0 bridgehead atoms. The van der Waals surface area contributed by atoms with Crippen LogP contribution in [-0.2, 0) is 10.0 Å². The summed E-state index contributed by atoms with van der Waals surface area (Å²) >= 11 is 0. The second-order valence-electron chi connectivity index (χ2n) is 9.39. The van der Waals surface area contributed by atoms with Crippen LogP contribution in [0.15, 0.2) is 30.5 Å². The lowest BCUT2D eigenvalue weighted by molar-refractivity contribution is 0.144. The molecule has 1 unspecified atom stereocenters. The van der Waals surface area contributed by atoms with E-state index in [9.17, 15) is 17.2 Å². The van der Waals surface area contributed by atoms with Crippen molar-refractivity contribution in [2.75, 3.05) is 55.4 Å². The van der Waals surface area contributed by atoms with E-state index in [1.54, 1.807) is 12.3 Å². The average Bonchev–Trinajstić information content (AvgIpc) is 3.31. The molecule has 10 nitrogen and oxygen atoms in total. The molecule has 2 fully saturated rings. The van der Waals surface area contributed by atoms with E-state index in [4.69, 9.17) is 4.98 Å². The first-order chi connectivity index (χ1) is 17.3. The number of hydrogen-bond acceptors (Lipinski definition) is 8. The molecule has 194 valence electrons. The molecule has 0 aliphatic carbocycles. The van der Waals surface area contributed by atoms with Crippen molar-refractivity contribution < 1.29 is 17.2 Å². The highest BCUT2D eigenvalue weighted by atomic mass is 32.2. The minimum Gasteiger partial charge on any atom is -0.356 e. The fourth-order valence-electron chi connectivity index (χ4n) is 4.77. The third kappa shape index (κ3) is 5.57. The summed E-state index contributed by atoms with van der Waals surface area (Å²) in [5, 5.41) is 7.50. The van der Waals surface area contributed by atoms with Crippen molar-refractivity contribution in [3.8, 4) is 11.3 Å². The van der Waals surface area contributed by atoms with Crippen LogP contribution in [-0.4, -0.2) is 73.6 Å². The predicted octanol–water partition coefficient (Wildman–Crippen LogP) is 2.25. The fourth-order valence-corrected chi connectivity index (χ4v) is 5.31. The Bertz CT molecular complexity index is 1330. The summed E-state index contributed by atoms with van der Waals surface area (Å²) in [6.07, 6.45) is 2.95. The van der Waals surface area contributed by atoms with Gasteiger partial charge in [0.05, 0.1) is 24.8 Å². The van der Waals surface area contributed by atoms with Gasteiger partial charge in [-0.2, -0.15) is 5.10 Å². The molecule has 3 aromatic rings. The number of halogens is 2. The molecule has 5 rings (SSSR count). The molecule has 5 heterocycles. The van der Waals surface area contributed by atoms with Crippen LogP contribution in [0.3, 0.4) is 0 Å². The maximum Gasteiger partial charge on any atom is 0.282 e. The van der Waals surface area contributed by atoms with Crippen LogP contribution >= 0.6 is 0 Å². The van der Waals surface area contributed by atoms with Crippen LogP contribution < -0.4 is 19.8 Å². The van der Waals surface area contributed by atoms with Crippen LogP contribution in [0.2, 0.25) is 0 Å². The molecule has 3 aromatic heterocycles. The zero-order chi connectivity index (χ0) is 25.3. The second-order valence-corrected chi connectivity index (χ2v) is 11.2. The lowest BCUT2D eigenvalue weighted by Gasteiger charge is -2.35. The van der Waals surface area contributed by atoms with Crippen molar-refractivity contribution in [2.45, 2.75) is 25.7 Å². The molecule has 0 amide bonds. The monoisotopic (exact) mass is 520 g/mol. The fraction of sp³-hybridized carbons (Fsp3) is 0.522. The predicted molar refractivity (Wildman–Crippen MR) is 134 cm³/mol. The number of anilines is 2. The van der Waals surface area contributed by atoms with Gasteiger partial charge in [-0.05, 0) is 56.0 Å². The summed E-state index contributed by atoms with van der Waals surface area (Å²) < 4.78 is 54.0. The van der Waals surface area contributed by atoms with Gasteiger partial charge in [-0.25, -0.2) is 36.4 Å². The average molecular weight is 521 g/mol. The smallest absolute Gasteiger partial charge is 0.282 e. The Morgan fingerprint density at radius 3 is 2.67 bits per heavy atom. The topological polar surface area (TPSA) is 108 Å². The Morgan fingerprint density at radius 2 is 1.94 bits per heavy atom. The lowest BCUT2D eigenvalue weighted by atomic mass is 9.98. The summed E-state index contributed by atoms with van der Waals surface area (Å²) in [7, 11) is -3.26. The van der Waals surface area contributed by atoms with E-state index in [0.717, 1.165) is 56.1 Å². The third-order valence-corrected chi connectivity index (χ3v) is 7.28. The number of rotatable bonds is 7. The van der Waals surface area contributed by atoms with Crippen LogP contribution in [0.25, 0.3) is 16.9 Å². The van der Waals surface area contributed by atoms with Crippen molar-refractivity contribution in [2.24, 2.45) is 5.92 Å². The van der Waals surface area contributed by atoms with Crippen LogP contribution in [0.4, 0.5) is 20.4 Å². The Kier molecular flexibility index (Phi) is 7.04. The Balaban J connectivity index is 1.52. The van der Waals surface area contributed by atoms with Crippen molar-refractivity contribution >= 4 is 27.3 Å². The van der Waals surface area contributed by atoms with E-state index in [-0.39, 0.29) is 11.6 Å². The van der Waals surface area contributed by atoms with Gasteiger partial charge in [0, 0.05) is 31.7 Å². The molecule has 0 saturated carbocycles. The minimum absolute atomic E-state index is 0.157. The SMILES string of the molecule is CS(=O)(=O)NCC1CCCN(c2cc(-c3cnc4ccc(C(F)F)nn34)cc(N3CCCNC3)n2)C1. The summed E-state index contributed by atoms with van der Waals surface area (Å²) in [5.41, 5.74) is 1.56. The largest absolute Gasteiger partial charge is 0.356 e. The molecular formula is C23H30F2N8O2S. The molecule has 13 heteroatoms. The molecule has 0 spiro atoms. The van der Waals surface area contributed by atoms with Gasteiger partial charge in [-0.15, -0.1) is 0 Å². The van der Waals surface area contributed by atoms with Gasteiger partial charge < -0.3 is 9.80 Å². The number of sulfonamides is 1. The quantitative estimate of drug-likeness (QED) is 0.489. The van der Waals surface area contributed by atoms with Gasteiger partial charge in [0.15, 0.2) is 5.65 Å². The number of alkyl halides is 2. The van der Waals surface area contributed by atoms with Crippen molar-refractivity contribution in [1.82, 2.24) is 29.6 Å². The van der Waals surface area contributed by atoms with Crippen molar-refractivity contribution in [3.63, 3.8) is 0 Å². The van der Waals surface area contributed by atoms with E-state index in [0.29, 0.717) is 31.1 Å². The number of piperidine rings is 1. The molecule has 36 heavy (non-hydrogen) atoms. The number of imidazole rings is 1. The minimum atomic E-state index is -3.26. The third-order valence-electron chi connectivity index (χ3n) is 6.59. The van der Waals surface area contributed by atoms with E-state index in [1.165, 1.54) is 16.8 Å². The van der Waals surface area contributed by atoms with Gasteiger partial charge >= 0.3 is 0 Å². The summed E-state index contributed by atoms with van der Waals surface area (Å²) in [6, 6.07) is 6.72. The lowest BCUT2D eigenvalue weighted by Crippen LogP contribution is -2.43. The number of fused-ring (bicyclic) bond motifs is 1. The molecule has 2 aliphatic heterocycles. The first-order valence-electron chi connectivity index (χ1n) is 12.1. The molecule has 2 N–H and O–H groups in total. The Morgan fingerprint density at radius 1 is 1.17 bits per heavy atom. The first kappa shape index (κ1) is 24.8. The molecule has 2 aliphatic rings. The van der Waals surface area contributed by atoms with Crippen LogP contribution in [0, 0.1) is 5.92 Å². The Hall–Kier alpha value is -2.90. The zero-order valence-corrected chi connectivity index (χ0v) is 20.9. The summed E-state index contributed by atoms with van der Waals surface area (Å²) in [6.45, 7) is 4.30. The number of nitrogens with zero attached hydrogens (tertiary/aromatic N) is 6. The summed E-state index contributed by atoms with van der Waals surface area (Å²) in [4.78, 5) is 13.7. The van der Waals surface area contributed by atoms with Crippen molar-refractivity contribution in [1.29, 1.82) is 0 Å². The maximum atomic E-state index is 13.4. The second kappa shape index (κ2) is 10.2. The zero-order valence-electron chi connectivity index (χ0n) is 20.1. The normalized spacial score (nSPS) is 19.4. The van der Waals surface area contributed by atoms with E-state index in [2.05, 4.69) is 29.9 Å². The van der Waals surface area contributed by atoms with E-state index < -0.39 is 16.4 Å². The van der Waals surface area contributed by atoms with Gasteiger partial charge in [0.2, 0.25) is 10.0 Å². The van der Waals surface area contributed by atoms with Crippen LogP contribution in [0.5, 0.6) is 0 Å². The van der Waals surface area contributed by atoms with Crippen molar-refractivity contribution in [3.05, 3.63) is 36.2 Å². The molecule has 1 atom stereocenters. The molecule has 2 saturated heterocycles. The number of hydrogen-bond donors (Lipinski definition) is 2. The highest BCUT2D eigenvalue weighted by Crippen LogP contribution is 2.31. The van der Waals surface area contributed by atoms with Gasteiger partial charge in [0.25, 0.3) is 6.43 Å². The summed E-state index contributed by atoms with van der Waals surface area (Å²) in [5.74, 6) is 1.70. The number of pyridine rings is 1. The van der Waals surface area contributed by atoms with E-state index in [1.807, 2.05) is 12.1 Å². The molecule has 0 radical (unpaired) electrons.